The molecule has 46 valence electrons. The Morgan fingerprint density at radius 3 is 3.00 bits per heavy atom. The van der Waals surface area contributed by atoms with E-state index in [9.17, 15) is 0 Å². The summed E-state index contributed by atoms with van der Waals surface area (Å²) < 4.78 is 0.886. The molecular weight excluding hydrogens is 190 g/mol. The molecule has 0 aromatic rings. The first kappa shape index (κ1) is 6.42. The van der Waals surface area contributed by atoms with Crippen LogP contribution in [0.25, 0.3) is 0 Å². The van der Waals surface area contributed by atoms with Crippen molar-refractivity contribution in [1.29, 1.82) is 0 Å². The molecule has 1 rings (SSSR count). The molecule has 1 aliphatic rings. The van der Waals surface area contributed by atoms with E-state index in [1.165, 1.54) is 0 Å². The largest absolute Gasteiger partial charge is 0.391 e. The number of rotatable bonds is 1. The monoisotopic (exact) mass is 195 g/mol. The van der Waals surface area contributed by atoms with E-state index in [2.05, 4.69) is 33.7 Å². The molecule has 0 aliphatic carbocycles. The Hall–Kier alpha value is 0.300. The Balaban J connectivity index is 2.32. The number of oxime groups is 1. The maximum atomic E-state index is 4.88. The highest BCUT2D eigenvalue weighted by Gasteiger charge is 2.16. The second-order valence-corrected chi connectivity index (χ2v) is 2.86. The highest BCUT2D eigenvalue weighted by molar-refractivity contribution is 9.18. The molecule has 0 N–H and O–H groups in total. The summed E-state index contributed by atoms with van der Waals surface area (Å²) >= 11 is 7.25. The van der Waals surface area contributed by atoms with Crippen molar-refractivity contribution in [2.75, 3.05) is 5.75 Å². The maximum absolute atomic E-state index is 4.88. The smallest absolute Gasteiger partial charge is 0.142 e. The molecule has 1 aliphatic heterocycles. The standard InChI is InChI=1S/C4H6BrNOS/c5-4-1-3(2-8)7-6-4/h3,8H,1-2H2. The van der Waals surface area contributed by atoms with E-state index >= 15 is 0 Å². The van der Waals surface area contributed by atoms with E-state index in [0.29, 0.717) is 0 Å². The third kappa shape index (κ3) is 1.39. The Labute approximate surface area is 61.8 Å². The van der Waals surface area contributed by atoms with Crippen LogP contribution < -0.4 is 0 Å². The van der Waals surface area contributed by atoms with Gasteiger partial charge in [-0.1, -0.05) is 5.16 Å². The number of nitrogens with zero attached hydrogens (tertiary/aromatic N) is 1. The first-order chi connectivity index (χ1) is 3.83. The van der Waals surface area contributed by atoms with Crippen molar-refractivity contribution in [2.45, 2.75) is 12.5 Å². The molecule has 4 heteroatoms. The molecule has 0 saturated heterocycles. The minimum Gasteiger partial charge on any atom is -0.391 e. The average Bonchev–Trinajstić information content (AvgIpc) is 2.14. The zero-order valence-corrected chi connectivity index (χ0v) is 6.65. The molecule has 0 amide bonds. The molecule has 0 aromatic carbocycles. The summed E-state index contributed by atoms with van der Waals surface area (Å²) in [5.41, 5.74) is 0. The van der Waals surface area contributed by atoms with Gasteiger partial charge >= 0.3 is 0 Å². The molecule has 0 saturated carbocycles. The molecular formula is C4H6BrNOS. The zero-order valence-electron chi connectivity index (χ0n) is 4.17. The van der Waals surface area contributed by atoms with Crippen molar-refractivity contribution >= 4 is 33.2 Å². The Kier molecular flexibility index (Phi) is 2.19. The minimum absolute atomic E-state index is 0.188. The van der Waals surface area contributed by atoms with Gasteiger partial charge in [0.15, 0.2) is 0 Å². The highest BCUT2D eigenvalue weighted by Crippen LogP contribution is 2.14. The van der Waals surface area contributed by atoms with E-state index in [-0.39, 0.29) is 6.10 Å². The van der Waals surface area contributed by atoms with Crippen LogP contribution in [-0.4, -0.2) is 16.5 Å². The lowest BCUT2D eigenvalue weighted by atomic mass is 10.3. The second kappa shape index (κ2) is 2.73. The molecule has 0 bridgehead atoms. The van der Waals surface area contributed by atoms with Crippen molar-refractivity contribution in [3.8, 4) is 0 Å². The van der Waals surface area contributed by atoms with Gasteiger partial charge < -0.3 is 4.84 Å². The Morgan fingerprint density at radius 1 is 2.00 bits per heavy atom. The first-order valence-electron chi connectivity index (χ1n) is 2.32. The second-order valence-electron chi connectivity index (χ2n) is 1.58. The Morgan fingerprint density at radius 2 is 2.75 bits per heavy atom. The Bertz CT molecular complexity index is 117. The zero-order chi connectivity index (χ0) is 5.98. The van der Waals surface area contributed by atoms with E-state index < -0.39 is 0 Å². The molecule has 1 atom stereocenters. The van der Waals surface area contributed by atoms with Crippen LogP contribution in [-0.2, 0) is 4.84 Å². The van der Waals surface area contributed by atoms with Crippen LogP contribution >= 0.6 is 28.6 Å². The van der Waals surface area contributed by atoms with Gasteiger partial charge in [-0.3, -0.25) is 0 Å². The highest BCUT2D eigenvalue weighted by atomic mass is 79.9. The molecule has 0 spiro atoms. The van der Waals surface area contributed by atoms with Gasteiger partial charge in [0.1, 0.15) is 10.7 Å². The lowest BCUT2D eigenvalue weighted by molar-refractivity contribution is 0.103. The van der Waals surface area contributed by atoms with Gasteiger partial charge in [0.25, 0.3) is 0 Å². The van der Waals surface area contributed by atoms with Crippen molar-refractivity contribution in [3.63, 3.8) is 0 Å². The minimum atomic E-state index is 0.188. The molecule has 1 unspecified atom stereocenters. The predicted octanol–water partition coefficient (Wildman–Crippen LogP) is 1.41. The van der Waals surface area contributed by atoms with Gasteiger partial charge in [0, 0.05) is 12.2 Å². The molecule has 1 heterocycles. The fourth-order valence-electron chi connectivity index (χ4n) is 0.492. The lowest BCUT2D eigenvalue weighted by Gasteiger charge is -1.99. The van der Waals surface area contributed by atoms with E-state index in [0.717, 1.165) is 16.8 Å². The fourth-order valence-corrected chi connectivity index (χ4v) is 1.13. The van der Waals surface area contributed by atoms with Crippen LogP contribution in [0, 0.1) is 0 Å². The number of hydrogen-bond acceptors (Lipinski definition) is 3. The van der Waals surface area contributed by atoms with Crippen LogP contribution in [0.3, 0.4) is 0 Å². The summed E-state index contributed by atoms with van der Waals surface area (Å²) in [7, 11) is 0. The van der Waals surface area contributed by atoms with E-state index in [4.69, 9.17) is 4.84 Å². The first-order valence-corrected chi connectivity index (χ1v) is 3.74. The predicted molar refractivity (Wildman–Crippen MR) is 39.7 cm³/mol. The van der Waals surface area contributed by atoms with Crippen molar-refractivity contribution in [2.24, 2.45) is 5.16 Å². The quantitative estimate of drug-likeness (QED) is 0.629. The summed E-state index contributed by atoms with van der Waals surface area (Å²) in [5, 5.41) is 3.67. The summed E-state index contributed by atoms with van der Waals surface area (Å²) in [6, 6.07) is 0. The SMILES string of the molecule is SCC1CC(Br)=NO1. The van der Waals surface area contributed by atoms with Crippen LogP contribution in [0.4, 0.5) is 0 Å². The van der Waals surface area contributed by atoms with Gasteiger partial charge in [0.2, 0.25) is 0 Å². The van der Waals surface area contributed by atoms with Gasteiger partial charge in [0.05, 0.1) is 0 Å². The summed E-state index contributed by atoms with van der Waals surface area (Å²) in [6.07, 6.45) is 1.05. The topological polar surface area (TPSA) is 21.6 Å². The van der Waals surface area contributed by atoms with Gasteiger partial charge in [-0.2, -0.15) is 12.6 Å². The van der Waals surface area contributed by atoms with Gasteiger partial charge in [-0.15, -0.1) is 0 Å². The normalized spacial score (nSPS) is 27.2. The van der Waals surface area contributed by atoms with Crippen molar-refractivity contribution in [3.05, 3.63) is 0 Å². The van der Waals surface area contributed by atoms with Crippen LogP contribution in [0.15, 0.2) is 5.16 Å². The maximum Gasteiger partial charge on any atom is 0.142 e. The lowest BCUT2D eigenvalue weighted by Crippen LogP contribution is -2.06. The molecule has 0 aromatic heterocycles. The van der Waals surface area contributed by atoms with Gasteiger partial charge in [-0.25, -0.2) is 0 Å². The summed E-state index contributed by atoms with van der Waals surface area (Å²) in [4.78, 5) is 4.88. The fraction of sp³-hybridized carbons (Fsp3) is 0.750. The molecule has 8 heavy (non-hydrogen) atoms. The van der Waals surface area contributed by atoms with Crippen LogP contribution in [0.1, 0.15) is 6.42 Å². The summed E-state index contributed by atoms with van der Waals surface area (Å²) in [6.45, 7) is 0. The van der Waals surface area contributed by atoms with Crippen molar-refractivity contribution < 1.29 is 4.84 Å². The van der Waals surface area contributed by atoms with Crippen LogP contribution in [0.2, 0.25) is 0 Å². The van der Waals surface area contributed by atoms with E-state index in [1.54, 1.807) is 0 Å². The molecule has 0 fully saturated rings. The summed E-state index contributed by atoms with van der Waals surface area (Å²) in [5.74, 6) is 0.735. The van der Waals surface area contributed by atoms with Crippen LogP contribution in [0.5, 0.6) is 0 Å². The number of thiol groups is 1. The third-order valence-electron chi connectivity index (χ3n) is 0.901. The average molecular weight is 196 g/mol. The molecule has 2 nitrogen and oxygen atoms in total. The van der Waals surface area contributed by atoms with Crippen molar-refractivity contribution in [1.82, 2.24) is 0 Å². The van der Waals surface area contributed by atoms with Gasteiger partial charge in [-0.05, 0) is 15.9 Å². The number of hydrogen-bond donors (Lipinski definition) is 1. The third-order valence-corrected chi connectivity index (χ3v) is 1.78. The van der Waals surface area contributed by atoms with E-state index in [1.807, 2.05) is 0 Å². The number of halogens is 1. The molecule has 0 radical (unpaired) electrons.